The first-order chi connectivity index (χ1) is 13.1. The molecule has 0 aliphatic heterocycles. The van der Waals surface area contributed by atoms with Crippen LogP contribution < -0.4 is 5.32 Å². The summed E-state index contributed by atoms with van der Waals surface area (Å²) in [5.41, 5.74) is 2.18. The zero-order valence-corrected chi connectivity index (χ0v) is 14.4. The molecule has 6 nitrogen and oxygen atoms in total. The van der Waals surface area contributed by atoms with Crippen molar-refractivity contribution in [1.29, 1.82) is 0 Å². The fraction of sp³-hybridized carbons (Fsp3) is 0.143. The highest BCUT2D eigenvalue weighted by molar-refractivity contribution is 5.97. The number of hydrogen-bond acceptors (Lipinski definition) is 4. The molecule has 0 unspecified atom stereocenters. The summed E-state index contributed by atoms with van der Waals surface area (Å²) in [5.74, 6) is -1.54. The lowest BCUT2D eigenvalue weighted by Gasteiger charge is -2.25. The van der Waals surface area contributed by atoms with Gasteiger partial charge in [0, 0.05) is 30.8 Å². The van der Waals surface area contributed by atoms with Gasteiger partial charge in [0.15, 0.2) is 0 Å². The summed E-state index contributed by atoms with van der Waals surface area (Å²) in [5, 5.41) is 12.5. The number of rotatable bonds is 4. The van der Waals surface area contributed by atoms with Crippen molar-refractivity contribution in [3.63, 3.8) is 0 Å². The summed E-state index contributed by atoms with van der Waals surface area (Å²) in [4.78, 5) is 33.2. The largest absolute Gasteiger partial charge is 0.479 e. The molecule has 2 heterocycles. The van der Waals surface area contributed by atoms with Crippen LogP contribution in [0.15, 0.2) is 67.0 Å². The van der Waals surface area contributed by atoms with Crippen LogP contribution in [0, 0.1) is 0 Å². The Hall–Kier alpha value is -3.54. The van der Waals surface area contributed by atoms with Gasteiger partial charge in [0.2, 0.25) is 0 Å². The van der Waals surface area contributed by atoms with Gasteiger partial charge in [-0.05, 0) is 35.4 Å². The number of hydrogen-bond donors (Lipinski definition) is 2. The first-order valence-electron chi connectivity index (χ1n) is 8.58. The SMILES string of the molecule is O=C(NC1(C(=O)O)Cc2ccccc2C1)c1cccc(-c2ccncc2)n1. The molecule has 1 aromatic carbocycles. The highest BCUT2D eigenvalue weighted by atomic mass is 16.4. The van der Waals surface area contributed by atoms with E-state index in [9.17, 15) is 14.7 Å². The molecule has 2 aromatic heterocycles. The summed E-state index contributed by atoms with van der Waals surface area (Å²) < 4.78 is 0. The molecule has 4 rings (SSSR count). The molecule has 1 aliphatic rings. The van der Waals surface area contributed by atoms with Crippen molar-refractivity contribution >= 4 is 11.9 Å². The zero-order valence-electron chi connectivity index (χ0n) is 14.4. The molecule has 1 amide bonds. The fourth-order valence-electron chi connectivity index (χ4n) is 3.43. The summed E-state index contributed by atoms with van der Waals surface area (Å²) >= 11 is 0. The quantitative estimate of drug-likeness (QED) is 0.747. The minimum absolute atomic E-state index is 0.181. The molecule has 0 saturated carbocycles. The van der Waals surface area contributed by atoms with E-state index in [0.717, 1.165) is 16.7 Å². The number of carboxylic acids is 1. The first kappa shape index (κ1) is 16.9. The van der Waals surface area contributed by atoms with E-state index in [1.165, 1.54) is 0 Å². The standard InChI is InChI=1S/C21H17N3O3/c25-19(18-7-3-6-17(23-18)14-8-10-22-11-9-14)24-21(20(26)27)12-15-4-1-2-5-16(15)13-21/h1-11H,12-13H2,(H,24,25)(H,26,27). The Labute approximate surface area is 155 Å². The van der Waals surface area contributed by atoms with Crippen molar-refractivity contribution in [2.75, 3.05) is 0 Å². The number of aromatic nitrogens is 2. The van der Waals surface area contributed by atoms with Crippen molar-refractivity contribution in [2.45, 2.75) is 18.4 Å². The molecular formula is C21H17N3O3. The summed E-state index contributed by atoms with van der Waals surface area (Å²) in [6, 6.07) is 16.3. The number of carbonyl (C=O) groups is 2. The average molecular weight is 359 g/mol. The predicted octanol–water partition coefficient (Wildman–Crippen LogP) is 2.50. The summed E-state index contributed by atoms with van der Waals surface area (Å²) in [6.45, 7) is 0. The van der Waals surface area contributed by atoms with Crippen LogP contribution in [0.3, 0.4) is 0 Å². The topological polar surface area (TPSA) is 92.2 Å². The van der Waals surface area contributed by atoms with Crippen molar-refractivity contribution in [3.05, 3.63) is 83.8 Å². The Morgan fingerprint density at radius 1 is 0.926 bits per heavy atom. The van der Waals surface area contributed by atoms with Gasteiger partial charge >= 0.3 is 5.97 Å². The molecule has 134 valence electrons. The van der Waals surface area contributed by atoms with E-state index < -0.39 is 17.4 Å². The maximum absolute atomic E-state index is 12.8. The summed E-state index contributed by atoms with van der Waals surface area (Å²) in [7, 11) is 0. The van der Waals surface area contributed by atoms with Crippen LogP contribution in [0.5, 0.6) is 0 Å². The minimum Gasteiger partial charge on any atom is -0.479 e. The van der Waals surface area contributed by atoms with Gasteiger partial charge in [0.1, 0.15) is 11.2 Å². The number of carboxylic acid groups (broad SMARTS) is 1. The average Bonchev–Trinajstić information content (AvgIpc) is 3.08. The van der Waals surface area contributed by atoms with Gasteiger partial charge in [-0.1, -0.05) is 30.3 Å². The van der Waals surface area contributed by atoms with Gasteiger partial charge in [-0.15, -0.1) is 0 Å². The molecule has 0 spiro atoms. The van der Waals surface area contributed by atoms with Crippen molar-refractivity contribution in [1.82, 2.24) is 15.3 Å². The first-order valence-corrected chi connectivity index (χ1v) is 8.58. The van der Waals surface area contributed by atoms with Crippen LogP contribution in [-0.4, -0.2) is 32.5 Å². The Bertz CT molecular complexity index is 993. The second kappa shape index (κ2) is 6.64. The van der Waals surface area contributed by atoms with E-state index in [4.69, 9.17) is 0 Å². The molecule has 27 heavy (non-hydrogen) atoms. The van der Waals surface area contributed by atoms with E-state index in [1.54, 1.807) is 42.7 Å². The molecule has 3 aromatic rings. The second-order valence-electron chi connectivity index (χ2n) is 6.61. The normalized spacial score (nSPS) is 14.4. The van der Waals surface area contributed by atoms with E-state index in [1.807, 2.05) is 24.3 Å². The number of carbonyl (C=O) groups excluding carboxylic acids is 1. The maximum atomic E-state index is 12.8. The fourth-order valence-corrected chi connectivity index (χ4v) is 3.43. The number of pyridine rings is 2. The second-order valence-corrected chi connectivity index (χ2v) is 6.61. The third kappa shape index (κ3) is 3.17. The molecule has 0 atom stereocenters. The molecule has 0 radical (unpaired) electrons. The summed E-state index contributed by atoms with van der Waals surface area (Å²) in [6.07, 6.45) is 3.82. The Balaban J connectivity index is 1.61. The van der Waals surface area contributed by atoms with E-state index in [2.05, 4.69) is 15.3 Å². The van der Waals surface area contributed by atoms with E-state index >= 15 is 0 Å². The number of amides is 1. The van der Waals surface area contributed by atoms with Crippen LogP contribution in [0.1, 0.15) is 21.6 Å². The number of fused-ring (bicyclic) bond motifs is 1. The molecule has 2 N–H and O–H groups in total. The smallest absolute Gasteiger partial charge is 0.330 e. The molecular weight excluding hydrogens is 342 g/mol. The van der Waals surface area contributed by atoms with Crippen LogP contribution >= 0.6 is 0 Å². The Morgan fingerprint density at radius 2 is 1.59 bits per heavy atom. The van der Waals surface area contributed by atoms with Gasteiger partial charge < -0.3 is 10.4 Å². The monoisotopic (exact) mass is 359 g/mol. The van der Waals surface area contributed by atoms with Gasteiger partial charge in [-0.2, -0.15) is 0 Å². The van der Waals surface area contributed by atoms with Crippen LogP contribution in [0.4, 0.5) is 0 Å². The van der Waals surface area contributed by atoms with Crippen LogP contribution in [-0.2, 0) is 17.6 Å². The van der Waals surface area contributed by atoms with E-state index in [0.29, 0.717) is 5.69 Å². The number of nitrogens with one attached hydrogen (secondary N) is 1. The minimum atomic E-state index is -1.35. The number of benzene rings is 1. The van der Waals surface area contributed by atoms with Crippen LogP contribution in [0.2, 0.25) is 0 Å². The van der Waals surface area contributed by atoms with Gasteiger partial charge in [-0.25, -0.2) is 9.78 Å². The number of nitrogens with zero attached hydrogens (tertiary/aromatic N) is 2. The Morgan fingerprint density at radius 3 is 2.22 bits per heavy atom. The highest BCUT2D eigenvalue weighted by Crippen LogP contribution is 2.30. The van der Waals surface area contributed by atoms with Crippen molar-refractivity contribution in [2.24, 2.45) is 0 Å². The highest BCUT2D eigenvalue weighted by Gasteiger charge is 2.45. The molecule has 0 saturated heterocycles. The number of aliphatic carboxylic acids is 1. The molecule has 0 fully saturated rings. The van der Waals surface area contributed by atoms with Crippen LogP contribution in [0.25, 0.3) is 11.3 Å². The molecule has 1 aliphatic carbocycles. The van der Waals surface area contributed by atoms with Gasteiger partial charge in [-0.3, -0.25) is 9.78 Å². The van der Waals surface area contributed by atoms with Gasteiger partial charge in [0.25, 0.3) is 5.91 Å². The lowest BCUT2D eigenvalue weighted by Crippen LogP contribution is -2.55. The zero-order chi connectivity index (χ0) is 18.9. The third-order valence-electron chi connectivity index (χ3n) is 4.82. The Kier molecular flexibility index (Phi) is 4.16. The maximum Gasteiger partial charge on any atom is 0.330 e. The molecule has 6 heteroatoms. The van der Waals surface area contributed by atoms with E-state index in [-0.39, 0.29) is 18.5 Å². The van der Waals surface area contributed by atoms with Crippen molar-refractivity contribution in [3.8, 4) is 11.3 Å². The third-order valence-corrected chi connectivity index (χ3v) is 4.82. The lowest BCUT2D eigenvalue weighted by atomic mass is 9.95. The predicted molar refractivity (Wildman–Crippen MR) is 99.2 cm³/mol. The van der Waals surface area contributed by atoms with Gasteiger partial charge in [0.05, 0.1) is 5.69 Å². The lowest BCUT2D eigenvalue weighted by molar-refractivity contribution is -0.144. The van der Waals surface area contributed by atoms with Crippen molar-refractivity contribution < 1.29 is 14.7 Å². The molecule has 0 bridgehead atoms.